The van der Waals surface area contributed by atoms with Crippen LogP contribution in [0.1, 0.15) is 26.2 Å². The van der Waals surface area contributed by atoms with Crippen LogP contribution in [0.4, 0.5) is 8.78 Å². The lowest BCUT2D eigenvalue weighted by Crippen LogP contribution is -2.51. The van der Waals surface area contributed by atoms with Crippen molar-refractivity contribution in [3.63, 3.8) is 0 Å². The van der Waals surface area contributed by atoms with Crippen molar-refractivity contribution in [2.45, 2.75) is 37.7 Å². The van der Waals surface area contributed by atoms with Gasteiger partial charge in [0, 0.05) is 12.8 Å². The summed E-state index contributed by atoms with van der Waals surface area (Å²) in [4.78, 5) is 0. The maximum Gasteiger partial charge on any atom is 0.253 e. The summed E-state index contributed by atoms with van der Waals surface area (Å²) < 4.78 is 24.1. The van der Waals surface area contributed by atoms with Crippen LogP contribution in [0.25, 0.3) is 0 Å². The molecule has 1 rings (SSSR count). The highest BCUT2D eigenvalue weighted by molar-refractivity contribution is 4.98. The van der Waals surface area contributed by atoms with E-state index in [1.54, 1.807) is 6.92 Å². The van der Waals surface area contributed by atoms with Crippen LogP contribution in [0.5, 0.6) is 0 Å². The van der Waals surface area contributed by atoms with Gasteiger partial charge in [0.25, 0.3) is 5.92 Å². The molecule has 0 unspecified atom stereocenters. The number of hydrogen-bond donors (Lipinski definition) is 1. The molecule has 1 aliphatic rings. The van der Waals surface area contributed by atoms with Gasteiger partial charge in [-0.05, 0) is 6.42 Å². The van der Waals surface area contributed by atoms with Crippen LogP contribution >= 0.6 is 0 Å². The van der Waals surface area contributed by atoms with E-state index in [4.69, 9.17) is 5.11 Å². The Morgan fingerprint density at radius 2 is 1.89 bits per heavy atom. The number of rotatable bonds is 1. The summed E-state index contributed by atoms with van der Waals surface area (Å²) in [5.41, 5.74) is -1.05. The molecule has 0 saturated heterocycles. The Hall–Kier alpha value is -0.180. The molecule has 0 aromatic heterocycles. The fraction of sp³-hybridized carbons (Fsp3) is 1.00. The smallest absolute Gasteiger partial charge is 0.253 e. The Balaban J connectivity index is 2.41. The van der Waals surface area contributed by atoms with Gasteiger partial charge < -0.3 is 5.11 Å². The van der Waals surface area contributed by atoms with E-state index in [9.17, 15) is 8.78 Å². The summed E-state index contributed by atoms with van der Waals surface area (Å²) in [5, 5.41) is 9.07. The van der Waals surface area contributed by atoms with E-state index in [2.05, 4.69) is 0 Å². The topological polar surface area (TPSA) is 20.2 Å². The average molecular weight is 136 g/mol. The molecule has 1 saturated carbocycles. The van der Waals surface area contributed by atoms with Crippen LogP contribution in [-0.4, -0.2) is 16.6 Å². The van der Waals surface area contributed by atoms with E-state index >= 15 is 0 Å². The van der Waals surface area contributed by atoms with Gasteiger partial charge in [0.15, 0.2) is 0 Å². The molecule has 0 bridgehead atoms. The van der Waals surface area contributed by atoms with Crippen molar-refractivity contribution in [3.8, 4) is 0 Å². The molecule has 1 aliphatic carbocycles. The summed E-state index contributed by atoms with van der Waals surface area (Å²) in [6, 6.07) is 0. The SMILES string of the molecule is CCC1(O)CC(F)(F)C1. The van der Waals surface area contributed by atoms with Gasteiger partial charge in [-0.3, -0.25) is 0 Å². The number of alkyl halides is 2. The maximum atomic E-state index is 12.1. The molecule has 0 spiro atoms. The van der Waals surface area contributed by atoms with Crippen LogP contribution in [0.15, 0.2) is 0 Å². The van der Waals surface area contributed by atoms with Gasteiger partial charge in [-0.25, -0.2) is 8.78 Å². The van der Waals surface area contributed by atoms with Crippen LogP contribution in [-0.2, 0) is 0 Å². The van der Waals surface area contributed by atoms with Crippen molar-refractivity contribution in [2.24, 2.45) is 0 Å². The van der Waals surface area contributed by atoms with Gasteiger partial charge in [0.1, 0.15) is 0 Å². The van der Waals surface area contributed by atoms with Crippen molar-refractivity contribution in [1.29, 1.82) is 0 Å². The third kappa shape index (κ3) is 1.21. The third-order valence-electron chi connectivity index (χ3n) is 1.83. The second-order valence-corrected chi connectivity index (χ2v) is 2.79. The zero-order valence-corrected chi connectivity index (χ0v) is 5.32. The van der Waals surface area contributed by atoms with E-state index in [0.29, 0.717) is 6.42 Å². The Morgan fingerprint density at radius 3 is 2.00 bits per heavy atom. The number of aliphatic hydroxyl groups is 1. The van der Waals surface area contributed by atoms with E-state index in [1.165, 1.54) is 0 Å². The lowest BCUT2D eigenvalue weighted by Gasteiger charge is -2.42. The first-order valence-electron chi connectivity index (χ1n) is 3.08. The summed E-state index contributed by atoms with van der Waals surface area (Å²) in [6.07, 6.45) is -0.268. The summed E-state index contributed by atoms with van der Waals surface area (Å²) in [7, 11) is 0. The minimum Gasteiger partial charge on any atom is -0.389 e. The van der Waals surface area contributed by atoms with Gasteiger partial charge in [0.05, 0.1) is 5.60 Å². The number of halogens is 2. The monoisotopic (exact) mass is 136 g/mol. The molecule has 0 aromatic carbocycles. The zero-order chi connectivity index (χ0) is 7.12. The highest BCUT2D eigenvalue weighted by Crippen LogP contribution is 2.46. The standard InChI is InChI=1S/C6H10F2O/c1-2-5(9)3-6(7,8)4-5/h9H,2-4H2,1H3. The lowest BCUT2D eigenvalue weighted by atomic mass is 9.75. The first-order chi connectivity index (χ1) is 3.97. The number of hydrogen-bond acceptors (Lipinski definition) is 1. The van der Waals surface area contributed by atoms with Crippen molar-refractivity contribution in [3.05, 3.63) is 0 Å². The first-order valence-corrected chi connectivity index (χ1v) is 3.08. The van der Waals surface area contributed by atoms with E-state index in [1.807, 2.05) is 0 Å². The molecular weight excluding hydrogens is 126 g/mol. The predicted molar refractivity (Wildman–Crippen MR) is 29.4 cm³/mol. The molecule has 0 atom stereocenters. The molecule has 9 heavy (non-hydrogen) atoms. The van der Waals surface area contributed by atoms with E-state index in [0.717, 1.165) is 0 Å². The maximum absolute atomic E-state index is 12.1. The lowest BCUT2D eigenvalue weighted by molar-refractivity contribution is -0.205. The van der Waals surface area contributed by atoms with E-state index < -0.39 is 11.5 Å². The molecule has 0 radical (unpaired) electrons. The van der Waals surface area contributed by atoms with Crippen LogP contribution in [0, 0.1) is 0 Å². The highest BCUT2D eigenvalue weighted by Gasteiger charge is 2.54. The first kappa shape index (κ1) is 6.93. The predicted octanol–water partition coefficient (Wildman–Crippen LogP) is 1.56. The minimum absolute atomic E-state index is 0.351. The van der Waals surface area contributed by atoms with Crippen LogP contribution in [0.3, 0.4) is 0 Å². The second kappa shape index (κ2) is 1.66. The largest absolute Gasteiger partial charge is 0.389 e. The molecular formula is C6H10F2O. The van der Waals surface area contributed by atoms with Gasteiger partial charge in [-0.1, -0.05) is 6.92 Å². The molecule has 0 aromatic rings. The molecule has 54 valence electrons. The summed E-state index contributed by atoms with van der Waals surface area (Å²) in [5.74, 6) is -2.59. The fourth-order valence-corrected chi connectivity index (χ4v) is 1.16. The average Bonchev–Trinajstić information content (AvgIpc) is 1.61. The Morgan fingerprint density at radius 1 is 1.44 bits per heavy atom. The molecule has 0 aliphatic heterocycles. The van der Waals surface area contributed by atoms with Crippen LogP contribution < -0.4 is 0 Å². The van der Waals surface area contributed by atoms with Gasteiger partial charge >= 0.3 is 0 Å². The van der Waals surface area contributed by atoms with Crippen molar-refractivity contribution in [1.82, 2.24) is 0 Å². The third-order valence-corrected chi connectivity index (χ3v) is 1.83. The normalized spacial score (nSPS) is 29.3. The van der Waals surface area contributed by atoms with Gasteiger partial charge in [-0.2, -0.15) is 0 Å². The summed E-state index contributed by atoms with van der Waals surface area (Å²) in [6.45, 7) is 1.72. The van der Waals surface area contributed by atoms with Crippen molar-refractivity contribution >= 4 is 0 Å². The minimum atomic E-state index is -2.59. The highest BCUT2D eigenvalue weighted by atomic mass is 19.3. The Labute approximate surface area is 52.7 Å². The molecule has 3 heteroatoms. The molecule has 1 N–H and O–H groups in total. The zero-order valence-electron chi connectivity index (χ0n) is 5.32. The molecule has 1 fully saturated rings. The molecule has 0 amide bonds. The quantitative estimate of drug-likeness (QED) is 0.580. The Kier molecular flexibility index (Phi) is 1.28. The molecule has 0 heterocycles. The van der Waals surface area contributed by atoms with Crippen LogP contribution in [0.2, 0.25) is 0 Å². The second-order valence-electron chi connectivity index (χ2n) is 2.79. The van der Waals surface area contributed by atoms with E-state index in [-0.39, 0.29) is 12.8 Å². The van der Waals surface area contributed by atoms with Crippen molar-refractivity contribution in [2.75, 3.05) is 0 Å². The Bertz CT molecular complexity index is 114. The molecule has 1 nitrogen and oxygen atoms in total. The van der Waals surface area contributed by atoms with Gasteiger partial charge in [0.2, 0.25) is 0 Å². The summed E-state index contributed by atoms with van der Waals surface area (Å²) >= 11 is 0. The van der Waals surface area contributed by atoms with Crippen molar-refractivity contribution < 1.29 is 13.9 Å². The fourth-order valence-electron chi connectivity index (χ4n) is 1.16. The van der Waals surface area contributed by atoms with Gasteiger partial charge in [-0.15, -0.1) is 0 Å².